The lowest BCUT2D eigenvalue weighted by Gasteiger charge is -2.07. The van der Waals surface area contributed by atoms with E-state index < -0.39 is 5.82 Å². The van der Waals surface area contributed by atoms with Crippen molar-refractivity contribution in [2.45, 2.75) is 6.92 Å². The molecule has 1 N–H and O–H groups in total. The van der Waals surface area contributed by atoms with Crippen LogP contribution in [-0.4, -0.2) is 21.5 Å². The van der Waals surface area contributed by atoms with E-state index in [1.54, 1.807) is 0 Å². The fourth-order valence-corrected chi connectivity index (χ4v) is 1.63. The van der Waals surface area contributed by atoms with Gasteiger partial charge >= 0.3 is 6.01 Å². The Morgan fingerprint density at radius 3 is 2.74 bits per heavy atom. The van der Waals surface area contributed by atoms with E-state index >= 15 is 0 Å². The zero-order chi connectivity index (χ0) is 13.8. The zero-order valence-corrected chi connectivity index (χ0v) is 11.3. The first kappa shape index (κ1) is 13.8. The smallest absolute Gasteiger partial charge is 0.328 e. The Labute approximate surface area is 118 Å². The fraction of sp³-hybridized carbons (Fsp3) is 0.182. The molecule has 0 unspecified atom stereocenters. The summed E-state index contributed by atoms with van der Waals surface area (Å²) < 4.78 is 18.2. The summed E-state index contributed by atoms with van der Waals surface area (Å²) in [5, 5.41) is 2.98. The van der Waals surface area contributed by atoms with Gasteiger partial charge < -0.3 is 10.1 Å². The summed E-state index contributed by atoms with van der Waals surface area (Å²) in [6, 6.07) is 3.70. The molecule has 0 radical (unpaired) electrons. The third kappa shape index (κ3) is 3.65. The minimum atomic E-state index is -0.459. The van der Waals surface area contributed by atoms with Crippen LogP contribution in [0.5, 0.6) is 11.8 Å². The van der Waals surface area contributed by atoms with Gasteiger partial charge in [0.1, 0.15) is 11.6 Å². The molecular weight excluding hydrogens is 294 g/mol. The van der Waals surface area contributed by atoms with E-state index in [2.05, 4.69) is 20.3 Å². The number of hydrogen-bond donors (Lipinski definition) is 1. The van der Waals surface area contributed by atoms with Crippen LogP contribution < -0.4 is 10.1 Å². The van der Waals surface area contributed by atoms with Gasteiger partial charge in [-0.05, 0) is 36.7 Å². The van der Waals surface area contributed by atoms with E-state index in [4.69, 9.17) is 27.9 Å². The number of rotatable bonds is 4. The summed E-state index contributed by atoms with van der Waals surface area (Å²) in [4.78, 5) is 11.7. The maximum absolute atomic E-state index is 12.9. The Morgan fingerprint density at radius 2 is 2.05 bits per heavy atom. The van der Waals surface area contributed by atoms with Crippen LogP contribution in [0.1, 0.15) is 6.92 Å². The van der Waals surface area contributed by atoms with Gasteiger partial charge in [0.05, 0.1) is 5.02 Å². The number of hydrogen-bond acceptors (Lipinski definition) is 5. The minimum absolute atomic E-state index is 0.0146. The van der Waals surface area contributed by atoms with Gasteiger partial charge in [-0.15, -0.1) is 0 Å². The summed E-state index contributed by atoms with van der Waals surface area (Å²) in [6.45, 7) is 2.51. The molecule has 0 aliphatic carbocycles. The van der Waals surface area contributed by atoms with Crippen molar-refractivity contribution in [2.24, 2.45) is 0 Å². The maximum Gasteiger partial charge on any atom is 0.328 e. The predicted octanol–water partition coefficient (Wildman–Crippen LogP) is 3.54. The molecule has 5 nitrogen and oxygen atoms in total. The number of nitrogens with zero attached hydrogens (tertiary/aromatic N) is 3. The Hall–Kier alpha value is -1.66. The van der Waals surface area contributed by atoms with Crippen molar-refractivity contribution in [3.8, 4) is 11.8 Å². The van der Waals surface area contributed by atoms with E-state index in [9.17, 15) is 4.39 Å². The monoisotopic (exact) mass is 302 g/mol. The average Bonchev–Trinajstić information content (AvgIpc) is 2.32. The normalized spacial score (nSPS) is 10.3. The first-order chi connectivity index (χ1) is 9.08. The Morgan fingerprint density at radius 1 is 1.26 bits per heavy atom. The van der Waals surface area contributed by atoms with Gasteiger partial charge in [-0.1, -0.05) is 11.6 Å². The number of halogens is 3. The molecule has 8 heteroatoms. The van der Waals surface area contributed by atoms with Crippen molar-refractivity contribution in [3.05, 3.63) is 34.3 Å². The van der Waals surface area contributed by atoms with E-state index in [-0.39, 0.29) is 28.0 Å². The Bertz CT molecular complexity index is 597. The van der Waals surface area contributed by atoms with Crippen LogP contribution >= 0.6 is 23.2 Å². The van der Waals surface area contributed by atoms with Gasteiger partial charge in [-0.25, -0.2) is 4.39 Å². The highest BCUT2D eigenvalue weighted by atomic mass is 35.5. The standard InChI is InChI=1S/C11H9Cl2FN4O/c1-2-15-10-16-9(13)17-11(18-10)19-8-4-3-6(14)5-7(8)12/h3-5H,2H2,1H3,(H,15,16,17,18). The van der Waals surface area contributed by atoms with Gasteiger partial charge in [0.15, 0.2) is 0 Å². The maximum atomic E-state index is 12.9. The van der Waals surface area contributed by atoms with Gasteiger partial charge in [-0.2, -0.15) is 15.0 Å². The highest BCUT2D eigenvalue weighted by Crippen LogP contribution is 2.28. The van der Waals surface area contributed by atoms with Crippen LogP contribution in [0.15, 0.2) is 18.2 Å². The van der Waals surface area contributed by atoms with Crippen LogP contribution in [0.2, 0.25) is 10.3 Å². The van der Waals surface area contributed by atoms with Gasteiger partial charge in [0, 0.05) is 6.54 Å². The molecule has 0 fully saturated rings. The van der Waals surface area contributed by atoms with Crippen molar-refractivity contribution in [3.63, 3.8) is 0 Å². The van der Waals surface area contributed by atoms with Gasteiger partial charge in [0.25, 0.3) is 0 Å². The lowest BCUT2D eigenvalue weighted by Crippen LogP contribution is -2.04. The fourth-order valence-electron chi connectivity index (χ4n) is 1.27. The summed E-state index contributed by atoms with van der Waals surface area (Å²) in [6.07, 6.45) is 0. The Balaban J connectivity index is 2.27. The topological polar surface area (TPSA) is 59.9 Å². The number of anilines is 1. The quantitative estimate of drug-likeness (QED) is 0.936. The number of ether oxygens (including phenoxy) is 1. The molecular formula is C11H9Cl2FN4O. The molecule has 1 aromatic carbocycles. The average molecular weight is 303 g/mol. The largest absolute Gasteiger partial charge is 0.423 e. The van der Waals surface area contributed by atoms with E-state index in [0.29, 0.717) is 6.54 Å². The van der Waals surface area contributed by atoms with Crippen molar-refractivity contribution in [1.82, 2.24) is 15.0 Å². The second kappa shape index (κ2) is 5.99. The molecule has 0 amide bonds. The van der Waals surface area contributed by atoms with Crippen molar-refractivity contribution >= 4 is 29.2 Å². The van der Waals surface area contributed by atoms with E-state index in [0.717, 1.165) is 6.07 Å². The second-order valence-electron chi connectivity index (χ2n) is 3.42. The molecule has 2 rings (SSSR count). The Kier molecular flexibility index (Phi) is 4.34. The van der Waals surface area contributed by atoms with Crippen molar-refractivity contribution < 1.29 is 9.13 Å². The van der Waals surface area contributed by atoms with Crippen LogP contribution in [0, 0.1) is 5.82 Å². The summed E-state index contributed by atoms with van der Waals surface area (Å²) in [5.74, 6) is 0.0582. The minimum Gasteiger partial charge on any atom is -0.423 e. The third-order valence-electron chi connectivity index (χ3n) is 2.02. The SMILES string of the molecule is CCNc1nc(Cl)nc(Oc2ccc(F)cc2Cl)n1. The van der Waals surface area contributed by atoms with E-state index in [1.807, 2.05) is 6.92 Å². The highest BCUT2D eigenvalue weighted by Gasteiger charge is 2.09. The van der Waals surface area contributed by atoms with Crippen LogP contribution in [0.4, 0.5) is 10.3 Å². The number of aromatic nitrogens is 3. The molecule has 0 bridgehead atoms. The molecule has 0 aliphatic rings. The first-order valence-corrected chi connectivity index (χ1v) is 6.12. The molecule has 2 aromatic rings. The molecule has 100 valence electrons. The first-order valence-electron chi connectivity index (χ1n) is 5.37. The molecule has 0 saturated carbocycles. The summed E-state index contributed by atoms with van der Waals surface area (Å²) in [5.41, 5.74) is 0. The highest BCUT2D eigenvalue weighted by molar-refractivity contribution is 6.32. The lowest BCUT2D eigenvalue weighted by atomic mass is 10.3. The summed E-state index contributed by atoms with van der Waals surface area (Å²) >= 11 is 11.6. The molecule has 1 aromatic heterocycles. The van der Waals surface area contributed by atoms with Crippen molar-refractivity contribution in [2.75, 3.05) is 11.9 Å². The van der Waals surface area contributed by atoms with E-state index in [1.165, 1.54) is 12.1 Å². The van der Waals surface area contributed by atoms with Gasteiger partial charge in [-0.3, -0.25) is 0 Å². The molecule has 0 spiro atoms. The number of nitrogens with one attached hydrogen (secondary N) is 1. The third-order valence-corrected chi connectivity index (χ3v) is 2.48. The second-order valence-corrected chi connectivity index (χ2v) is 4.16. The molecule has 0 aliphatic heterocycles. The summed E-state index contributed by atoms with van der Waals surface area (Å²) in [7, 11) is 0. The number of benzene rings is 1. The van der Waals surface area contributed by atoms with Crippen LogP contribution in [-0.2, 0) is 0 Å². The molecule has 19 heavy (non-hydrogen) atoms. The van der Waals surface area contributed by atoms with Crippen LogP contribution in [0.3, 0.4) is 0 Å². The van der Waals surface area contributed by atoms with Gasteiger partial charge in [0.2, 0.25) is 11.2 Å². The zero-order valence-electron chi connectivity index (χ0n) is 9.82. The van der Waals surface area contributed by atoms with Crippen molar-refractivity contribution in [1.29, 1.82) is 0 Å². The lowest BCUT2D eigenvalue weighted by molar-refractivity contribution is 0.439. The molecule has 0 saturated heterocycles. The predicted molar refractivity (Wildman–Crippen MR) is 70.5 cm³/mol. The molecule has 0 atom stereocenters. The molecule has 1 heterocycles. The van der Waals surface area contributed by atoms with Crippen LogP contribution in [0.25, 0.3) is 0 Å².